The number of H-pyrrole nitrogens is 1. The van der Waals surface area contributed by atoms with Gasteiger partial charge in [-0.2, -0.15) is 0 Å². The van der Waals surface area contributed by atoms with Crippen molar-refractivity contribution in [3.05, 3.63) is 60.4 Å². The van der Waals surface area contributed by atoms with Crippen molar-refractivity contribution in [2.45, 2.75) is 23.8 Å². The number of nitrogens with one attached hydrogen (secondary N) is 2. The number of fused-ring (bicyclic) bond motifs is 2. The highest BCUT2D eigenvalue weighted by Crippen LogP contribution is 2.31. The lowest BCUT2D eigenvalue weighted by Crippen LogP contribution is -2.13. The van der Waals surface area contributed by atoms with E-state index >= 15 is 0 Å². The van der Waals surface area contributed by atoms with Gasteiger partial charge in [-0.25, -0.2) is 4.98 Å². The average molecular weight is 378 g/mol. The lowest BCUT2D eigenvalue weighted by molar-refractivity contribution is 0.614. The predicted octanol–water partition coefficient (Wildman–Crippen LogP) is 5.74. The molecule has 1 aliphatic heterocycles. The molecule has 1 aliphatic rings. The van der Waals surface area contributed by atoms with Gasteiger partial charge in [0.15, 0.2) is 0 Å². The third-order valence-corrected chi connectivity index (χ3v) is 6.24. The molecule has 2 N–H and O–H groups in total. The molecule has 0 spiro atoms. The van der Waals surface area contributed by atoms with Gasteiger partial charge in [-0.15, -0.1) is 11.7 Å². The van der Waals surface area contributed by atoms with E-state index in [1.807, 2.05) is 0 Å². The largest absolute Gasteiger partial charge is 0.341 e. The molecule has 0 radical (unpaired) electrons. The molecule has 1 fully saturated rings. The molecule has 1 unspecified atom stereocenters. The molecule has 26 heavy (non-hydrogen) atoms. The van der Waals surface area contributed by atoms with Crippen molar-refractivity contribution < 1.29 is 0 Å². The Hall–Kier alpha value is -1.95. The van der Waals surface area contributed by atoms with Crippen LogP contribution in [0.2, 0.25) is 0 Å². The van der Waals surface area contributed by atoms with E-state index in [0.29, 0.717) is 6.04 Å². The van der Waals surface area contributed by atoms with Gasteiger partial charge < -0.3 is 10.3 Å². The Morgan fingerprint density at radius 3 is 2.62 bits per heavy atom. The van der Waals surface area contributed by atoms with Crippen LogP contribution in [0.3, 0.4) is 0 Å². The van der Waals surface area contributed by atoms with Crippen molar-refractivity contribution in [2.24, 2.45) is 0 Å². The maximum absolute atomic E-state index is 4.77. The van der Waals surface area contributed by atoms with E-state index in [-0.39, 0.29) is 0 Å². The second-order valence-corrected chi connectivity index (χ2v) is 8.02. The average Bonchev–Trinajstić information content (AvgIpc) is 3.35. The van der Waals surface area contributed by atoms with E-state index in [1.54, 1.807) is 0 Å². The van der Waals surface area contributed by atoms with Crippen LogP contribution in [-0.4, -0.2) is 16.5 Å². The number of hydrogen-bond acceptors (Lipinski definition) is 4. The van der Waals surface area contributed by atoms with Crippen LogP contribution in [0.1, 0.15) is 24.7 Å². The van der Waals surface area contributed by atoms with Crippen molar-refractivity contribution in [3.8, 4) is 11.1 Å². The van der Waals surface area contributed by atoms with Crippen LogP contribution in [0.25, 0.3) is 32.9 Å². The van der Waals surface area contributed by atoms with E-state index in [1.165, 1.54) is 44.0 Å². The first-order valence-corrected chi connectivity index (χ1v) is 10.8. The summed E-state index contributed by atoms with van der Waals surface area (Å²) in [6.45, 7) is 1.08. The number of thiol groups is 1. The van der Waals surface area contributed by atoms with Gasteiger partial charge in [-0.3, -0.25) is 0 Å². The Balaban J connectivity index is 1.54. The summed E-state index contributed by atoms with van der Waals surface area (Å²) in [6, 6.07) is 19.9. The molecule has 1 saturated heterocycles. The second kappa shape index (κ2) is 6.65. The summed E-state index contributed by atoms with van der Waals surface area (Å²) in [5.41, 5.74) is 4.57. The highest BCUT2D eigenvalue weighted by molar-refractivity contribution is 8.68. The van der Waals surface area contributed by atoms with E-state index < -0.39 is 0 Å². The summed E-state index contributed by atoms with van der Waals surface area (Å²) in [5.74, 6) is 1.06. The molecule has 0 amide bonds. The smallest absolute Gasteiger partial charge is 0.124 e. The fraction of sp³-hybridized carbons (Fsp3) is 0.190. The van der Waals surface area contributed by atoms with Gasteiger partial charge in [-0.1, -0.05) is 35.1 Å². The summed E-state index contributed by atoms with van der Waals surface area (Å²) in [5, 5.41) is 5.99. The summed E-state index contributed by atoms with van der Waals surface area (Å²) in [7, 11) is 1.48. The molecular formula is C21H19N3S2. The molecule has 1 atom stereocenters. The molecule has 130 valence electrons. The van der Waals surface area contributed by atoms with Crippen molar-refractivity contribution in [3.63, 3.8) is 0 Å². The van der Waals surface area contributed by atoms with Crippen LogP contribution >= 0.6 is 22.5 Å². The summed E-state index contributed by atoms with van der Waals surface area (Å²) in [6.07, 6.45) is 2.38. The number of rotatable bonds is 3. The Morgan fingerprint density at radius 2 is 1.77 bits per heavy atom. The van der Waals surface area contributed by atoms with Gasteiger partial charge in [-0.05, 0) is 71.6 Å². The highest BCUT2D eigenvalue weighted by Gasteiger charge is 2.19. The van der Waals surface area contributed by atoms with E-state index in [2.05, 4.69) is 76.6 Å². The van der Waals surface area contributed by atoms with Crippen molar-refractivity contribution in [1.29, 1.82) is 0 Å². The first-order chi connectivity index (χ1) is 12.8. The number of nitrogens with zero attached hydrogens (tertiary/aromatic N) is 1. The molecule has 2 heterocycles. The van der Waals surface area contributed by atoms with Crippen LogP contribution in [0.5, 0.6) is 0 Å². The highest BCUT2D eigenvalue weighted by atomic mass is 33.1. The Morgan fingerprint density at radius 1 is 0.962 bits per heavy atom. The fourth-order valence-corrected chi connectivity index (χ4v) is 4.40. The van der Waals surface area contributed by atoms with Crippen molar-refractivity contribution >= 4 is 44.3 Å². The number of aromatic nitrogens is 2. The van der Waals surface area contributed by atoms with Crippen LogP contribution in [0.4, 0.5) is 0 Å². The third-order valence-electron chi connectivity index (χ3n) is 5.14. The van der Waals surface area contributed by atoms with Crippen LogP contribution in [0, 0.1) is 0 Å². The molecule has 0 saturated carbocycles. The van der Waals surface area contributed by atoms with Crippen molar-refractivity contribution in [1.82, 2.24) is 15.3 Å². The van der Waals surface area contributed by atoms with E-state index in [0.717, 1.165) is 29.8 Å². The Labute approximate surface area is 161 Å². The Bertz CT molecular complexity index is 1100. The lowest BCUT2D eigenvalue weighted by atomic mass is 10.0. The van der Waals surface area contributed by atoms with Gasteiger partial charge in [0.1, 0.15) is 5.82 Å². The second-order valence-electron chi connectivity index (χ2n) is 6.82. The maximum atomic E-state index is 4.77. The first-order valence-electron chi connectivity index (χ1n) is 8.89. The van der Waals surface area contributed by atoms with Gasteiger partial charge in [0.2, 0.25) is 0 Å². The lowest BCUT2D eigenvalue weighted by Gasteiger charge is -2.06. The molecular weight excluding hydrogens is 358 g/mol. The SMILES string of the molecule is SSc1ccc2cc(-c3ccc4nc(C5CCCN5)[nH]c4c3)ccc2c1. The molecule has 4 aromatic rings. The number of imidazole rings is 1. The number of aromatic amines is 1. The van der Waals surface area contributed by atoms with Gasteiger partial charge in [0.05, 0.1) is 17.1 Å². The minimum Gasteiger partial charge on any atom is -0.341 e. The van der Waals surface area contributed by atoms with Crippen LogP contribution in [0.15, 0.2) is 59.5 Å². The topological polar surface area (TPSA) is 40.7 Å². The molecule has 3 nitrogen and oxygen atoms in total. The zero-order valence-electron chi connectivity index (χ0n) is 14.2. The third kappa shape index (κ3) is 2.90. The predicted molar refractivity (Wildman–Crippen MR) is 114 cm³/mol. The minimum absolute atomic E-state index is 0.366. The number of benzene rings is 3. The molecule has 0 bridgehead atoms. The fourth-order valence-electron chi connectivity index (χ4n) is 3.75. The molecule has 3 aromatic carbocycles. The van der Waals surface area contributed by atoms with Gasteiger partial charge in [0, 0.05) is 4.90 Å². The van der Waals surface area contributed by atoms with Crippen LogP contribution in [-0.2, 0) is 0 Å². The van der Waals surface area contributed by atoms with Crippen molar-refractivity contribution in [2.75, 3.05) is 6.54 Å². The molecule has 0 aliphatic carbocycles. The standard InChI is InChI=1S/C21H19N3S2/c25-26-17-7-5-14-10-13(3-4-15(14)11-17)16-6-8-18-20(12-16)24-21(23-18)19-2-1-9-22-19/h3-8,10-12,19,22,25H,1-2,9H2,(H,23,24). The Kier molecular flexibility index (Phi) is 4.15. The molecule has 1 aromatic heterocycles. The summed E-state index contributed by atoms with van der Waals surface area (Å²) >= 11 is 4.28. The normalized spacial score (nSPS) is 17.3. The zero-order valence-corrected chi connectivity index (χ0v) is 15.9. The first kappa shape index (κ1) is 16.2. The van der Waals surface area contributed by atoms with E-state index in [9.17, 15) is 0 Å². The minimum atomic E-state index is 0.366. The molecule has 5 heteroatoms. The summed E-state index contributed by atoms with van der Waals surface area (Å²) in [4.78, 5) is 9.45. The van der Waals surface area contributed by atoms with Gasteiger partial charge in [0.25, 0.3) is 0 Å². The van der Waals surface area contributed by atoms with Gasteiger partial charge >= 0.3 is 0 Å². The summed E-state index contributed by atoms with van der Waals surface area (Å²) < 4.78 is 0. The monoisotopic (exact) mass is 377 g/mol. The molecule has 5 rings (SSSR count). The van der Waals surface area contributed by atoms with Crippen LogP contribution < -0.4 is 5.32 Å². The quantitative estimate of drug-likeness (QED) is 0.315. The van der Waals surface area contributed by atoms with E-state index in [4.69, 9.17) is 4.98 Å². The number of hydrogen-bond donors (Lipinski definition) is 3. The maximum Gasteiger partial charge on any atom is 0.124 e. The zero-order chi connectivity index (χ0) is 17.5.